The highest BCUT2D eigenvalue weighted by Gasteiger charge is 2.18. The molecule has 0 bridgehead atoms. The number of hydrogen-bond donors (Lipinski definition) is 0. The smallest absolute Gasteiger partial charge is 0.143 e. The van der Waals surface area contributed by atoms with Gasteiger partial charge in [0.2, 0.25) is 0 Å². The molecule has 0 aliphatic carbocycles. The summed E-state index contributed by atoms with van der Waals surface area (Å²) < 4.78 is 6.90. The van der Waals surface area contributed by atoms with Crippen molar-refractivity contribution in [3.05, 3.63) is 261 Å². The van der Waals surface area contributed by atoms with Crippen molar-refractivity contribution < 1.29 is 4.42 Å². The number of fused-ring (bicyclic) bond motifs is 4. The molecular formula is C64H43NO. The zero-order chi connectivity index (χ0) is 43.8. The summed E-state index contributed by atoms with van der Waals surface area (Å²) in [6.45, 7) is 0. The molecule has 1 aromatic heterocycles. The van der Waals surface area contributed by atoms with Gasteiger partial charge in [-0.1, -0.05) is 218 Å². The average molecular weight is 842 g/mol. The van der Waals surface area contributed by atoms with Crippen LogP contribution < -0.4 is 4.90 Å². The van der Waals surface area contributed by atoms with Gasteiger partial charge in [-0.05, 0) is 109 Å². The first-order valence-electron chi connectivity index (χ1n) is 22.6. The molecule has 1 heterocycles. The summed E-state index contributed by atoms with van der Waals surface area (Å²) in [5, 5.41) is 4.68. The van der Waals surface area contributed by atoms with Crippen LogP contribution in [-0.4, -0.2) is 0 Å². The third kappa shape index (κ3) is 7.21. The molecule has 11 aromatic carbocycles. The molecule has 0 amide bonds. The molecule has 0 N–H and O–H groups in total. The van der Waals surface area contributed by atoms with Crippen molar-refractivity contribution >= 4 is 49.8 Å². The monoisotopic (exact) mass is 841 g/mol. The molecule has 0 atom stereocenters. The maximum absolute atomic E-state index is 6.90. The Labute approximate surface area is 384 Å². The molecule has 0 unspecified atom stereocenters. The van der Waals surface area contributed by atoms with E-state index in [2.05, 4.69) is 266 Å². The van der Waals surface area contributed by atoms with Crippen LogP contribution in [0.2, 0.25) is 0 Å². The quantitative estimate of drug-likeness (QED) is 0.144. The van der Waals surface area contributed by atoms with Crippen LogP contribution in [-0.2, 0) is 0 Å². The normalized spacial score (nSPS) is 11.3. The average Bonchev–Trinajstić information content (AvgIpc) is 3.79. The Bertz CT molecular complexity index is 3560. The van der Waals surface area contributed by atoms with Crippen molar-refractivity contribution in [1.82, 2.24) is 0 Å². The van der Waals surface area contributed by atoms with Crippen LogP contribution in [0, 0.1) is 0 Å². The Kier molecular flexibility index (Phi) is 9.89. The lowest BCUT2D eigenvalue weighted by Gasteiger charge is -2.26. The van der Waals surface area contributed by atoms with Crippen LogP contribution in [0.25, 0.3) is 99.5 Å². The molecule has 0 aliphatic rings. The van der Waals surface area contributed by atoms with E-state index < -0.39 is 0 Å². The number of hydrogen-bond acceptors (Lipinski definition) is 2. The zero-order valence-electron chi connectivity index (χ0n) is 36.2. The fourth-order valence-electron chi connectivity index (χ4n) is 9.56. The fourth-order valence-corrected chi connectivity index (χ4v) is 9.56. The van der Waals surface area contributed by atoms with Crippen LogP contribution in [0.15, 0.2) is 265 Å². The van der Waals surface area contributed by atoms with Crippen molar-refractivity contribution in [3.8, 4) is 66.8 Å². The lowest BCUT2D eigenvalue weighted by Crippen LogP contribution is -2.09. The van der Waals surface area contributed by atoms with Crippen molar-refractivity contribution in [2.45, 2.75) is 0 Å². The second-order valence-corrected chi connectivity index (χ2v) is 16.9. The summed E-state index contributed by atoms with van der Waals surface area (Å²) in [7, 11) is 0. The molecule has 0 aliphatic heterocycles. The largest absolute Gasteiger partial charge is 0.455 e. The number of anilines is 3. The SMILES string of the molecule is c1ccc(-c2ccc(N(c3ccc(-c4ccccc4)cc3)c3ccc(-c4ccc(-c5cccc(-c6cccc7c6oc6c(-c8cccc9ccccc89)cccc67)c5)cc4)cc3)cc2)cc1. The highest BCUT2D eigenvalue weighted by molar-refractivity contribution is 6.15. The molecule has 310 valence electrons. The van der Waals surface area contributed by atoms with Gasteiger partial charge in [0.1, 0.15) is 11.2 Å². The van der Waals surface area contributed by atoms with Gasteiger partial charge in [-0.2, -0.15) is 0 Å². The first kappa shape index (κ1) is 38.9. The maximum Gasteiger partial charge on any atom is 0.143 e. The van der Waals surface area contributed by atoms with E-state index in [-0.39, 0.29) is 0 Å². The topological polar surface area (TPSA) is 16.4 Å². The van der Waals surface area contributed by atoms with Crippen molar-refractivity contribution in [2.24, 2.45) is 0 Å². The predicted molar refractivity (Wildman–Crippen MR) is 279 cm³/mol. The fraction of sp³-hybridized carbons (Fsp3) is 0. The molecule has 0 spiro atoms. The Hall–Kier alpha value is -8.72. The maximum atomic E-state index is 6.90. The highest BCUT2D eigenvalue weighted by atomic mass is 16.3. The van der Waals surface area contributed by atoms with Gasteiger partial charge in [-0.3, -0.25) is 0 Å². The van der Waals surface area contributed by atoms with Gasteiger partial charge in [0, 0.05) is 39.0 Å². The van der Waals surface area contributed by atoms with Crippen molar-refractivity contribution in [3.63, 3.8) is 0 Å². The van der Waals surface area contributed by atoms with E-state index in [1.807, 2.05) is 0 Å². The Morgan fingerprint density at radius 2 is 0.576 bits per heavy atom. The molecule has 2 nitrogen and oxygen atoms in total. The minimum Gasteiger partial charge on any atom is -0.455 e. The molecule has 0 radical (unpaired) electrons. The summed E-state index contributed by atoms with van der Waals surface area (Å²) in [6, 6.07) is 93.5. The molecule has 0 fully saturated rings. The van der Waals surface area contributed by atoms with Gasteiger partial charge in [-0.25, -0.2) is 0 Å². The standard InChI is InChI=1S/C64H43NO/c1-3-13-44(14-4-1)47-31-37-54(38-32-47)65(55-39-33-48(34-40-55)45-15-5-2-6-16-45)56-41-35-49(36-42-56)46-27-29-50(30-28-46)52-19-9-20-53(43-52)58-22-11-25-61-62-26-12-24-60(64(62)66-63(58)61)59-23-10-18-51-17-7-8-21-57(51)59/h1-43H. The molecule has 12 rings (SSSR count). The lowest BCUT2D eigenvalue weighted by atomic mass is 9.95. The number of rotatable bonds is 9. The van der Waals surface area contributed by atoms with Gasteiger partial charge < -0.3 is 9.32 Å². The van der Waals surface area contributed by atoms with E-state index in [0.717, 1.165) is 72.4 Å². The van der Waals surface area contributed by atoms with Gasteiger partial charge in [0.15, 0.2) is 0 Å². The summed E-state index contributed by atoms with van der Waals surface area (Å²) in [4.78, 5) is 2.33. The zero-order valence-corrected chi connectivity index (χ0v) is 36.2. The third-order valence-electron chi connectivity index (χ3n) is 12.9. The summed E-state index contributed by atoms with van der Waals surface area (Å²) in [5.41, 5.74) is 19.1. The Morgan fingerprint density at radius 1 is 0.227 bits per heavy atom. The Balaban J connectivity index is 0.839. The van der Waals surface area contributed by atoms with E-state index in [9.17, 15) is 0 Å². The predicted octanol–water partition coefficient (Wildman–Crippen LogP) is 18.2. The van der Waals surface area contributed by atoms with Crippen LogP contribution in [0.5, 0.6) is 0 Å². The molecule has 0 saturated carbocycles. The third-order valence-corrected chi connectivity index (χ3v) is 12.9. The second-order valence-electron chi connectivity index (χ2n) is 16.9. The minimum atomic E-state index is 0.906. The molecule has 0 saturated heterocycles. The van der Waals surface area contributed by atoms with E-state index in [1.165, 1.54) is 44.2 Å². The van der Waals surface area contributed by atoms with Crippen LogP contribution >= 0.6 is 0 Å². The first-order valence-corrected chi connectivity index (χ1v) is 22.6. The van der Waals surface area contributed by atoms with E-state index in [0.29, 0.717) is 0 Å². The van der Waals surface area contributed by atoms with Crippen LogP contribution in [0.1, 0.15) is 0 Å². The van der Waals surface area contributed by atoms with E-state index in [1.54, 1.807) is 0 Å². The van der Waals surface area contributed by atoms with E-state index >= 15 is 0 Å². The molecule has 2 heteroatoms. The highest BCUT2D eigenvalue weighted by Crippen LogP contribution is 2.43. The summed E-state index contributed by atoms with van der Waals surface area (Å²) >= 11 is 0. The summed E-state index contributed by atoms with van der Waals surface area (Å²) in [5.74, 6) is 0. The molecule has 12 aromatic rings. The second kappa shape index (κ2) is 16.8. The first-order chi connectivity index (χ1) is 32.7. The van der Waals surface area contributed by atoms with Crippen molar-refractivity contribution in [2.75, 3.05) is 4.90 Å². The van der Waals surface area contributed by atoms with Crippen LogP contribution in [0.3, 0.4) is 0 Å². The number of nitrogens with zero attached hydrogens (tertiary/aromatic N) is 1. The lowest BCUT2D eigenvalue weighted by molar-refractivity contribution is 0.671. The summed E-state index contributed by atoms with van der Waals surface area (Å²) in [6.07, 6.45) is 0. The van der Waals surface area contributed by atoms with Crippen molar-refractivity contribution in [1.29, 1.82) is 0 Å². The van der Waals surface area contributed by atoms with E-state index in [4.69, 9.17) is 4.42 Å². The number of para-hydroxylation sites is 2. The minimum absolute atomic E-state index is 0.906. The molecular weight excluding hydrogens is 799 g/mol. The van der Waals surface area contributed by atoms with Gasteiger partial charge in [0.05, 0.1) is 0 Å². The van der Waals surface area contributed by atoms with Gasteiger partial charge in [0.25, 0.3) is 0 Å². The molecule has 66 heavy (non-hydrogen) atoms. The van der Waals surface area contributed by atoms with Gasteiger partial charge in [-0.15, -0.1) is 0 Å². The number of benzene rings is 11. The van der Waals surface area contributed by atoms with Crippen LogP contribution in [0.4, 0.5) is 17.1 Å². The van der Waals surface area contributed by atoms with Gasteiger partial charge >= 0.3 is 0 Å². The number of furan rings is 1. The Morgan fingerprint density at radius 3 is 1.14 bits per heavy atom.